The fourth-order valence-corrected chi connectivity index (χ4v) is 4.19. The molecule has 0 saturated heterocycles. The monoisotopic (exact) mass is 371 g/mol. The molecule has 0 bridgehead atoms. The van der Waals surface area contributed by atoms with Gasteiger partial charge in [0, 0.05) is 23.0 Å². The Balaban J connectivity index is 2.23. The Bertz CT molecular complexity index is 578. The lowest BCUT2D eigenvalue weighted by Gasteiger charge is -2.25. The summed E-state index contributed by atoms with van der Waals surface area (Å²) < 4.78 is 66.1. The summed E-state index contributed by atoms with van der Waals surface area (Å²) in [6.07, 6.45) is 2.72. The number of benzene rings is 1. The second-order valence-corrected chi connectivity index (χ2v) is 7.71. The normalized spacial score (nSPS) is 23.8. The Labute approximate surface area is 123 Å². The molecule has 3 nitrogen and oxygen atoms in total. The minimum atomic E-state index is -4.34. The van der Waals surface area contributed by atoms with E-state index in [2.05, 4.69) is 20.7 Å². The molecular formula is C12H13BrF3NO2S. The molecular weight excluding hydrogens is 359 g/mol. The molecule has 0 aromatic heterocycles. The number of rotatable bonds is 3. The number of nitrogens with one attached hydrogen (secondary N) is 1. The van der Waals surface area contributed by atoms with Gasteiger partial charge in [-0.2, -0.15) is 0 Å². The van der Waals surface area contributed by atoms with Gasteiger partial charge in [0.2, 0.25) is 10.0 Å². The zero-order valence-electron chi connectivity index (χ0n) is 10.4. The Hall–Kier alpha value is -0.600. The van der Waals surface area contributed by atoms with Crippen LogP contribution >= 0.6 is 15.9 Å². The molecule has 112 valence electrons. The van der Waals surface area contributed by atoms with Crippen LogP contribution in [0.3, 0.4) is 0 Å². The van der Waals surface area contributed by atoms with Crippen molar-refractivity contribution >= 4 is 26.0 Å². The molecule has 0 atom stereocenters. The number of halogens is 4. The van der Waals surface area contributed by atoms with Gasteiger partial charge in [-0.3, -0.25) is 0 Å². The van der Waals surface area contributed by atoms with Crippen molar-refractivity contribution in [3.63, 3.8) is 0 Å². The highest BCUT2D eigenvalue weighted by Crippen LogP contribution is 2.26. The van der Waals surface area contributed by atoms with E-state index in [9.17, 15) is 21.6 Å². The van der Waals surface area contributed by atoms with Gasteiger partial charge in [0.1, 0.15) is 17.5 Å². The molecule has 0 spiro atoms. The lowest BCUT2D eigenvalue weighted by molar-refractivity contribution is 0.419. The van der Waals surface area contributed by atoms with Gasteiger partial charge in [-0.05, 0) is 25.7 Å². The van der Waals surface area contributed by atoms with E-state index in [1.54, 1.807) is 0 Å². The third-order valence-corrected chi connectivity index (χ3v) is 5.70. The molecule has 1 aromatic carbocycles. The molecule has 0 unspecified atom stereocenters. The summed E-state index contributed by atoms with van der Waals surface area (Å²) in [6, 6.07) is 0.345. The molecule has 0 heterocycles. The zero-order valence-corrected chi connectivity index (χ0v) is 12.8. The second-order valence-electron chi connectivity index (χ2n) is 4.77. The summed E-state index contributed by atoms with van der Waals surface area (Å²) in [5, 5.41) is 0. The average molecular weight is 372 g/mol. The highest BCUT2D eigenvalue weighted by molar-refractivity contribution is 9.09. The van der Waals surface area contributed by atoms with Crippen molar-refractivity contribution in [3.05, 3.63) is 29.6 Å². The Morgan fingerprint density at radius 3 is 2.05 bits per heavy atom. The summed E-state index contributed by atoms with van der Waals surface area (Å²) in [6.45, 7) is 0. The van der Waals surface area contributed by atoms with E-state index < -0.39 is 32.4 Å². The van der Waals surface area contributed by atoms with E-state index in [0.29, 0.717) is 29.8 Å². The van der Waals surface area contributed by atoms with Gasteiger partial charge in [-0.15, -0.1) is 0 Å². The Kier molecular flexibility index (Phi) is 4.76. The highest BCUT2D eigenvalue weighted by atomic mass is 79.9. The molecule has 1 aliphatic carbocycles. The fraction of sp³-hybridized carbons (Fsp3) is 0.500. The smallest absolute Gasteiger partial charge is 0.208 e. The zero-order chi connectivity index (χ0) is 14.9. The first-order valence-electron chi connectivity index (χ1n) is 6.10. The van der Waals surface area contributed by atoms with Crippen molar-refractivity contribution in [1.82, 2.24) is 4.72 Å². The molecule has 1 N–H and O–H groups in total. The molecule has 1 aromatic rings. The third kappa shape index (κ3) is 3.53. The van der Waals surface area contributed by atoms with Crippen molar-refractivity contribution in [2.75, 3.05) is 0 Å². The third-order valence-electron chi connectivity index (χ3n) is 3.21. The minimum Gasteiger partial charge on any atom is -0.208 e. The van der Waals surface area contributed by atoms with Crippen LogP contribution in [0.5, 0.6) is 0 Å². The van der Waals surface area contributed by atoms with Crippen LogP contribution in [0.2, 0.25) is 0 Å². The first-order valence-corrected chi connectivity index (χ1v) is 8.50. The van der Waals surface area contributed by atoms with Crippen LogP contribution in [-0.4, -0.2) is 19.3 Å². The van der Waals surface area contributed by atoms with Gasteiger partial charge in [0.15, 0.2) is 4.90 Å². The maximum absolute atomic E-state index is 13.5. The lowest BCUT2D eigenvalue weighted by atomic mass is 9.96. The van der Waals surface area contributed by atoms with Crippen molar-refractivity contribution in [2.24, 2.45) is 0 Å². The summed E-state index contributed by atoms with van der Waals surface area (Å²) in [4.78, 5) is -0.789. The van der Waals surface area contributed by atoms with Crippen molar-refractivity contribution in [2.45, 2.75) is 41.4 Å². The average Bonchev–Trinajstić information content (AvgIpc) is 2.30. The topological polar surface area (TPSA) is 46.2 Å². The van der Waals surface area contributed by atoms with E-state index in [1.807, 2.05) is 0 Å². The van der Waals surface area contributed by atoms with Crippen LogP contribution in [0.15, 0.2) is 17.0 Å². The molecule has 8 heteroatoms. The molecule has 1 saturated carbocycles. The van der Waals surface area contributed by atoms with Crippen LogP contribution in [0, 0.1) is 17.5 Å². The maximum atomic E-state index is 13.5. The fourth-order valence-electron chi connectivity index (χ4n) is 2.23. The minimum absolute atomic E-state index is 0.336. The van der Waals surface area contributed by atoms with Gasteiger partial charge < -0.3 is 0 Å². The van der Waals surface area contributed by atoms with Gasteiger partial charge in [-0.25, -0.2) is 26.3 Å². The van der Waals surface area contributed by atoms with Crippen LogP contribution in [-0.2, 0) is 10.0 Å². The molecule has 20 heavy (non-hydrogen) atoms. The quantitative estimate of drug-likeness (QED) is 0.829. The van der Waals surface area contributed by atoms with Crippen LogP contribution < -0.4 is 4.72 Å². The Morgan fingerprint density at radius 1 is 1.05 bits per heavy atom. The van der Waals surface area contributed by atoms with Crippen LogP contribution in [0.1, 0.15) is 25.7 Å². The van der Waals surface area contributed by atoms with Gasteiger partial charge in [0.05, 0.1) is 0 Å². The van der Waals surface area contributed by atoms with Gasteiger partial charge in [0.25, 0.3) is 0 Å². The SMILES string of the molecule is O=S(=O)(NC1CCC(Br)CC1)c1c(F)cc(F)cc1F. The standard InChI is InChI=1S/C12H13BrF3NO2S/c13-7-1-3-9(4-2-7)17-20(18,19)12-10(15)5-8(14)6-11(12)16/h5-7,9,17H,1-4H2. The van der Waals surface area contributed by atoms with E-state index >= 15 is 0 Å². The first kappa shape index (κ1) is 15.8. The second kappa shape index (κ2) is 6.03. The largest absolute Gasteiger partial charge is 0.246 e. The van der Waals surface area contributed by atoms with E-state index in [0.717, 1.165) is 12.8 Å². The Morgan fingerprint density at radius 2 is 1.55 bits per heavy atom. The summed E-state index contributed by atoms with van der Waals surface area (Å²) >= 11 is 3.43. The molecule has 1 fully saturated rings. The number of hydrogen-bond donors (Lipinski definition) is 1. The number of hydrogen-bond acceptors (Lipinski definition) is 2. The highest BCUT2D eigenvalue weighted by Gasteiger charge is 2.29. The van der Waals surface area contributed by atoms with Gasteiger partial charge >= 0.3 is 0 Å². The molecule has 0 amide bonds. The molecule has 0 radical (unpaired) electrons. The summed E-state index contributed by atoms with van der Waals surface area (Å²) in [5.74, 6) is -4.01. The number of alkyl halides is 1. The molecule has 0 aliphatic heterocycles. The lowest BCUT2D eigenvalue weighted by Crippen LogP contribution is -2.38. The van der Waals surface area contributed by atoms with E-state index in [-0.39, 0.29) is 6.04 Å². The van der Waals surface area contributed by atoms with Crippen LogP contribution in [0.25, 0.3) is 0 Å². The number of sulfonamides is 1. The maximum Gasteiger partial charge on any atom is 0.246 e. The molecule has 1 aliphatic rings. The van der Waals surface area contributed by atoms with Gasteiger partial charge in [-0.1, -0.05) is 15.9 Å². The first-order chi connectivity index (χ1) is 9.29. The van der Waals surface area contributed by atoms with E-state index in [4.69, 9.17) is 0 Å². The summed E-state index contributed by atoms with van der Waals surface area (Å²) in [7, 11) is -4.34. The summed E-state index contributed by atoms with van der Waals surface area (Å²) in [5.41, 5.74) is 0. The predicted molar refractivity (Wildman–Crippen MR) is 71.6 cm³/mol. The predicted octanol–water partition coefficient (Wildman–Crippen LogP) is 3.09. The van der Waals surface area contributed by atoms with Crippen molar-refractivity contribution < 1.29 is 21.6 Å². The molecule has 2 rings (SSSR count). The van der Waals surface area contributed by atoms with Crippen LogP contribution in [0.4, 0.5) is 13.2 Å². The van der Waals surface area contributed by atoms with Crippen molar-refractivity contribution in [3.8, 4) is 0 Å². The van der Waals surface area contributed by atoms with Crippen molar-refractivity contribution in [1.29, 1.82) is 0 Å². The van der Waals surface area contributed by atoms with E-state index in [1.165, 1.54) is 0 Å².